The summed E-state index contributed by atoms with van der Waals surface area (Å²) in [6.45, 7) is 8.22. The van der Waals surface area contributed by atoms with Crippen molar-refractivity contribution in [1.82, 2.24) is 15.3 Å². The van der Waals surface area contributed by atoms with Crippen LogP contribution in [0.2, 0.25) is 0 Å². The van der Waals surface area contributed by atoms with E-state index in [0.29, 0.717) is 0 Å². The first-order valence-corrected chi connectivity index (χ1v) is 7.73. The highest BCUT2D eigenvalue weighted by atomic mass is 16.5. The second-order valence-electron chi connectivity index (χ2n) is 5.78. The predicted molar refractivity (Wildman–Crippen MR) is 80.7 cm³/mol. The van der Waals surface area contributed by atoms with Crippen LogP contribution in [0.3, 0.4) is 0 Å². The van der Waals surface area contributed by atoms with E-state index in [2.05, 4.69) is 26.1 Å². The maximum absolute atomic E-state index is 5.79. The van der Waals surface area contributed by atoms with E-state index in [9.17, 15) is 0 Å². The van der Waals surface area contributed by atoms with Crippen molar-refractivity contribution in [3.05, 3.63) is 22.8 Å². The fraction of sp³-hybridized carbons (Fsp3) is 0.750. The number of hydrogen-bond acceptors (Lipinski definition) is 4. The fourth-order valence-electron chi connectivity index (χ4n) is 3.05. The van der Waals surface area contributed by atoms with Gasteiger partial charge in [0.25, 0.3) is 0 Å². The predicted octanol–water partition coefficient (Wildman–Crippen LogP) is 3.01. The van der Waals surface area contributed by atoms with Gasteiger partial charge in [0.2, 0.25) is 0 Å². The molecule has 1 aromatic heterocycles. The standard InChI is InChI=1S/C16H27N3O/c1-5-10-17-11-14-12(2)18-15(19-13(14)3)16(20-4)8-6-7-9-16/h17H,5-11H2,1-4H3. The summed E-state index contributed by atoms with van der Waals surface area (Å²) < 4.78 is 5.79. The molecule has 0 bridgehead atoms. The molecule has 1 fully saturated rings. The zero-order valence-electron chi connectivity index (χ0n) is 13.3. The average molecular weight is 277 g/mol. The zero-order valence-corrected chi connectivity index (χ0v) is 13.3. The largest absolute Gasteiger partial charge is 0.370 e. The van der Waals surface area contributed by atoms with Gasteiger partial charge >= 0.3 is 0 Å². The van der Waals surface area contributed by atoms with Gasteiger partial charge in [-0.2, -0.15) is 0 Å². The number of methoxy groups -OCH3 is 1. The Morgan fingerprint density at radius 1 is 1.15 bits per heavy atom. The Labute approximate surface area is 122 Å². The monoisotopic (exact) mass is 277 g/mol. The lowest BCUT2D eigenvalue weighted by atomic mass is 10.00. The van der Waals surface area contributed by atoms with Crippen LogP contribution in [0.5, 0.6) is 0 Å². The molecule has 1 N–H and O–H groups in total. The first-order valence-electron chi connectivity index (χ1n) is 7.73. The molecule has 2 rings (SSSR count). The first-order chi connectivity index (χ1) is 9.63. The first kappa shape index (κ1) is 15.4. The van der Waals surface area contributed by atoms with Crippen LogP contribution >= 0.6 is 0 Å². The summed E-state index contributed by atoms with van der Waals surface area (Å²) in [4.78, 5) is 9.52. The molecule has 4 heteroatoms. The molecule has 0 amide bonds. The summed E-state index contributed by atoms with van der Waals surface area (Å²) in [5.41, 5.74) is 3.15. The summed E-state index contributed by atoms with van der Waals surface area (Å²) in [6.07, 6.45) is 5.62. The van der Waals surface area contributed by atoms with Crippen molar-refractivity contribution in [2.24, 2.45) is 0 Å². The SMILES string of the molecule is CCCNCc1c(C)nc(C2(OC)CCCC2)nc1C. The summed E-state index contributed by atoms with van der Waals surface area (Å²) in [5.74, 6) is 0.881. The number of rotatable bonds is 6. The lowest BCUT2D eigenvalue weighted by Gasteiger charge is -2.27. The summed E-state index contributed by atoms with van der Waals surface area (Å²) in [7, 11) is 1.79. The highest BCUT2D eigenvalue weighted by molar-refractivity contribution is 5.26. The molecule has 1 aromatic rings. The van der Waals surface area contributed by atoms with Crippen molar-refractivity contribution in [3.63, 3.8) is 0 Å². The minimum absolute atomic E-state index is 0.245. The molecule has 1 aliphatic rings. The summed E-state index contributed by atoms with van der Waals surface area (Å²) in [6, 6.07) is 0. The fourth-order valence-corrected chi connectivity index (χ4v) is 3.05. The molecule has 0 spiro atoms. The van der Waals surface area contributed by atoms with Crippen molar-refractivity contribution in [2.75, 3.05) is 13.7 Å². The Morgan fingerprint density at radius 3 is 2.25 bits per heavy atom. The van der Waals surface area contributed by atoms with Crippen LogP contribution in [0.15, 0.2) is 0 Å². The van der Waals surface area contributed by atoms with Crippen LogP contribution in [-0.4, -0.2) is 23.6 Å². The van der Waals surface area contributed by atoms with E-state index in [-0.39, 0.29) is 5.60 Å². The molecule has 0 radical (unpaired) electrons. The van der Waals surface area contributed by atoms with Crippen LogP contribution < -0.4 is 5.32 Å². The molecule has 4 nitrogen and oxygen atoms in total. The molecule has 0 saturated heterocycles. The van der Waals surface area contributed by atoms with Crippen LogP contribution in [0.25, 0.3) is 0 Å². The lowest BCUT2D eigenvalue weighted by Crippen LogP contribution is -2.29. The topological polar surface area (TPSA) is 47.0 Å². The molecule has 112 valence electrons. The van der Waals surface area contributed by atoms with Gasteiger partial charge < -0.3 is 10.1 Å². The second-order valence-corrected chi connectivity index (χ2v) is 5.78. The van der Waals surface area contributed by atoms with E-state index in [1.807, 2.05) is 0 Å². The third-order valence-corrected chi connectivity index (χ3v) is 4.36. The van der Waals surface area contributed by atoms with E-state index >= 15 is 0 Å². The Morgan fingerprint density at radius 2 is 1.75 bits per heavy atom. The van der Waals surface area contributed by atoms with E-state index in [4.69, 9.17) is 14.7 Å². The van der Waals surface area contributed by atoms with Gasteiger partial charge in [-0.1, -0.05) is 6.92 Å². The van der Waals surface area contributed by atoms with Gasteiger partial charge in [-0.25, -0.2) is 9.97 Å². The second kappa shape index (κ2) is 6.64. The quantitative estimate of drug-likeness (QED) is 0.812. The highest BCUT2D eigenvalue weighted by Gasteiger charge is 2.38. The van der Waals surface area contributed by atoms with Gasteiger partial charge in [0.1, 0.15) is 5.60 Å². The number of nitrogens with zero attached hydrogens (tertiary/aromatic N) is 2. The Kier molecular flexibility index (Phi) is 5.11. The molecule has 0 atom stereocenters. The van der Waals surface area contributed by atoms with Gasteiger partial charge in [0.05, 0.1) is 0 Å². The zero-order chi connectivity index (χ0) is 14.6. The third-order valence-electron chi connectivity index (χ3n) is 4.36. The molecule has 1 aliphatic carbocycles. The number of aryl methyl sites for hydroxylation is 2. The third kappa shape index (κ3) is 3.01. The van der Waals surface area contributed by atoms with Crippen molar-refractivity contribution in [3.8, 4) is 0 Å². The van der Waals surface area contributed by atoms with Crippen LogP contribution in [0, 0.1) is 13.8 Å². The average Bonchev–Trinajstić information content (AvgIpc) is 2.92. The minimum atomic E-state index is -0.245. The normalized spacial score (nSPS) is 17.6. The molecular formula is C16H27N3O. The number of hydrogen-bond donors (Lipinski definition) is 1. The molecule has 0 unspecified atom stereocenters. The smallest absolute Gasteiger partial charge is 0.160 e. The van der Waals surface area contributed by atoms with Crippen LogP contribution in [0.4, 0.5) is 0 Å². The molecule has 0 aliphatic heterocycles. The summed E-state index contributed by atoms with van der Waals surface area (Å²) >= 11 is 0. The van der Waals surface area contributed by atoms with Crippen molar-refractivity contribution < 1.29 is 4.74 Å². The Balaban J connectivity index is 2.25. The van der Waals surface area contributed by atoms with E-state index in [1.54, 1.807) is 7.11 Å². The van der Waals surface area contributed by atoms with Gasteiger partial charge in [-0.15, -0.1) is 0 Å². The van der Waals surface area contributed by atoms with Gasteiger partial charge in [-0.3, -0.25) is 0 Å². The molecular weight excluding hydrogens is 250 g/mol. The van der Waals surface area contributed by atoms with Crippen molar-refractivity contribution in [2.45, 2.75) is 65.0 Å². The highest BCUT2D eigenvalue weighted by Crippen LogP contribution is 2.40. The molecule has 1 saturated carbocycles. The van der Waals surface area contributed by atoms with E-state index in [0.717, 1.165) is 49.6 Å². The number of aromatic nitrogens is 2. The maximum atomic E-state index is 5.79. The van der Waals surface area contributed by atoms with E-state index < -0.39 is 0 Å². The Bertz CT molecular complexity index is 430. The molecule has 20 heavy (non-hydrogen) atoms. The van der Waals surface area contributed by atoms with Gasteiger partial charge in [0.15, 0.2) is 5.82 Å². The number of nitrogens with one attached hydrogen (secondary N) is 1. The van der Waals surface area contributed by atoms with Gasteiger partial charge in [-0.05, 0) is 52.5 Å². The maximum Gasteiger partial charge on any atom is 0.160 e. The van der Waals surface area contributed by atoms with E-state index in [1.165, 1.54) is 18.4 Å². The Hall–Kier alpha value is -1.00. The molecule has 0 aromatic carbocycles. The molecule has 1 heterocycles. The minimum Gasteiger partial charge on any atom is -0.370 e. The van der Waals surface area contributed by atoms with Gasteiger partial charge in [0, 0.05) is 30.6 Å². The van der Waals surface area contributed by atoms with Crippen molar-refractivity contribution in [1.29, 1.82) is 0 Å². The van der Waals surface area contributed by atoms with Crippen LogP contribution in [-0.2, 0) is 16.9 Å². The van der Waals surface area contributed by atoms with Crippen molar-refractivity contribution >= 4 is 0 Å². The lowest BCUT2D eigenvalue weighted by molar-refractivity contribution is -0.0166. The summed E-state index contributed by atoms with van der Waals surface area (Å²) in [5, 5.41) is 3.43. The number of ether oxygens (including phenoxy) is 1. The van der Waals surface area contributed by atoms with Crippen LogP contribution in [0.1, 0.15) is 61.8 Å².